The average molecular weight is 323 g/mol. The summed E-state index contributed by atoms with van der Waals surface area (Å²) in [5, 5.41) is 0.237. The molecule has 0 bridgehead atoms. The number of benzene rings is 2. The molecule has 0 aromatic heterocycles. The van der Waals surface area contributed by atoms with Gasteiger partial charge in [0.05, 0.1) is 0 Å². The number of nitrogens with zero attached hydrogens (tertiary/aromatic N) is 1. The van der Waals surface area contributed by atoms with Crippen LogP contribution < -0.4 is 0 Å². The zero-order chi connectivity index (χ0) is 16.2. The monoisotopic (exact) mass is 323 g/mol. The molecule has 1 fully saturated rings. The lowest BCUT2D eigenvalue weighted by Crippen LogP contribution is -2.32. The largest absolute Gasteiger partial charge is 0.468 e. The predicted octanol–water partition coefficient (Wildman–Crippen LogP) is 3.97. The van der Waals surface area contributed by atoms with Gasteiger partial charge < -0.3 is 4.74 Å². The minimum atomic E-state index is -0.170. The lowest BCUT2D eigenvalue weighted by atomic mass is 10.1. The number of carbonyl (C=O) groups is 1. The van der Waals surface area contributed by atoms with Gasteiger partial charge in [-0.1, -0.05) is 60.7 Å². The molecule has 4 heteroatoms. The van der Waals surface area contributed by atoms with Gasteiger partial charge in [-0.05, 0) is 35.8 Å². The molecule has 1 aliphatic heterocycles. The summed E-state index contributed by atoms with van der Waals surface area (Å²) in [5.74, 6) is -0.150. The first-order valence-corrected chi connectivity index (χ1v) is 7.86. The zero-order valence-electron chi connectivity index (χ0n) is 12.8. The lowest BCUT2D eigenvalue weighted by molar-refractivity contribution is -0.123. The fraction of sp³-hybridized carbons (Fsp3) is 0.158. The summed E-state index contributed by atoms with van der Waals surface area (Å²) >= 11 is 5.22. The van der Waals surface area contributed by atoms with E-state index in [0.29, 0.717) is 6.61 Å². The van der Waals surface area contributed by atoms with Crippen molar-refractivity contribution in [3.05, 3.63) is 77.9 Å². The Bertz CT molecular complexity index is 740. The van der Waals surface area contributed by atoms with E-state index in [4.69, 9.17) is 17.0 Å². The van der Waals surface area contributed by atoms with Gasteiger partial charge in [-0.3, -0.25) is 9.69 Å². The second-order valence-corrected chi connectivity index (χ2v) is 5.75. The second-order valence-electron chi connectivity index (χ2n) is 5.41. The van der Waals surface area contributed by atoms with Crippen molar-refractivity contribution >= 4 is 28.9 Å². The third-order valence-corrected chi connectivity index (χ3v) is 4.18. The quantitative estimate of drug-likeness (QED) is 0.632. The average Bonchev–Trinajstić information content (AvgIpc) is 2.98. The molecule has 3 rings (SSSR count). The van der Waals surface area contributed by atoms with E-state index in [0.717, 1.165) is 16.7 Å². The zero-order valence-corrected chi connectivity index (χ0v) is 13.6. The molecule has 116 valence electrons. The highest BCUT2D eigenvalue weighted by Gasteiger charge is 2.35. The molecular weight excluding hydrogens is 306 g/mol. The molecule has 2 aromatic carbocycles. The number of ether oxygens (including phenoxy) is 1. The van der Waals surface area contributed by atoms with Gasteiger partial charge in [0.25, 0.3) is 11.1 Å². The number of rotatable bonds is 3. The highest BCUT2D eigenvalue weighted by Crippen LogP contribution is 2.28. The van der Waals surface area contributed by atoms with Crippen molar-refractivity contribution in [1.29, 1.82) is 0 Å². The van der Waals surface area contributed by atoms with Crippen LogP contribution in [-0.2, 0) is 9.53 Å². The van der Waals surface area contributed by atoms with E-state index in [1.165, 1.54) is 0 Å². The number of allylic oxidation sites excluding steroid dienone is 1. The number of hydrogen-bond acceptors (Lipinski definition) is 3. The van der Waals surface area contributed by atoms with Crippen molar-refractivity contribution in [3.63, 3.8) is 0 Å². The lowest BCUT2D eigenvalue weighted by Gasteiger charge is -2.20. The Labute approximate surface area is 141 Å². The van der Waals surface area contributed by atoms with E-state index in [9.17, 15) is 4.79 Å². The van der Waals surface area contributed by atoms with E-state index in [1.807, 2.05) is 67.6 Å². The summed E-state index contributed by atoms with van der Waals surface area (Å²) in [5.41, 5.74) is 2.94. The molecule has 23 heavy (non-hydrogen) atoms. The van der Waals surface area contributed by atoms with Crippen LogP contribution in [0.1, 0.15) is 24.1 Å². The van der Waals surface area contributed by atoms with Crippen LogP contribution in [0.5, 0.6) is 0 Å². The molecule has 0 N–H and O–H groups in total. The molecule has 3 nitrogen and oxygen atoms in total. The molecule has 0 spiro atoms. The minimum Gasteiger partial charge on any atom is -0.468 e. The minimum absolute atomic E-state index is 0.150. The molecule has 0 aliphatic carbocycles. The van der Waals surface area contributed by atoms with Crippen molar-refractivity contribution in [2.24, 2.45) is 0 Å². The molecule has 1 atom stereocenters. The Balaban J connectivity index is 1.86. The maximum absolute atomic E-state index is 12.7. The van der Waals surface area contributed by atoms with Crippen LogP contribution in [0.3, 0.4) is 0 Å². The number of carbonyl (C=O) groups excluding carboxylic acids is 1. The Morgan fingerprint density at radius 1 is 1.13 bits per heavy atom. The van der Waals surface area contributed by atoms with E-state index in [-0.39, 0.29) is 17.1 Å². The summed E-state index contributed by atoms with van der Waals surface area (Å²) in [6.45, 7) is 2.32. The summed E-state index contributed by atoms with van der Waals surface area (Å²) in [6.07, 6.45) is 1.62. The number of amides is 1. The van der Waals surface area contributed by atoms with Crippen LogP contribution in [0, 0.1) is 0 Å². The van der Waals surface area contributed by atoms with Crippen LogP contribution in [0.25, 0.3) is 5.57 Å². The van der Waals surface area contributed by atoms with Gasteiger partial charge in [-0.15, -0.1) is 0 Å². The third kappa shape index (κ3) is 3.32. The summed E-state index contributed by atoms with van der Waals surface area (Å²) < 4.78 is 5.45. The summed E-state index contributed by atoms with van der Waals surface area (Å²) in [4.78, 5) is 14.3. The number of hydrogen-bond donors (Lipinski definition) is 0. The summed E-state index contributed by atoms with van der Waals surface area (Å²) in [6, 6.07) is 19.5. The molecular formula is C19H17NO2S. The van der Waals surface area contributed by atoms with E-state index in [2.05, 4.69) is 0 Å². The first-order valence-electron chi connectivity index (χ1n) is 7.45. The van der Waals surface area contributed by atoms with Crippen molar-refractivity contribution in [2.45, 2.75) is 13.0 Å². The standard InChI is InChI=1S/C19H17NO2S/c1-14(15-8-4-2-5-9-15)12-18(21)20-17(13-22-19(20)23)16-10-6-3-7-11-16/h2-12,17H,13H2,1H3/b14-12-/t17-/m0/s1. The Kier molecular flexibility index (Phi) is 4.53. The highest BCUT2D eigenvalue weighted by molar-refractivity contribution is 7.80. The molecule has 1 amide bonds. The second kappa shape index (κ2) is 6.75. The molecule has 1 saturated heterocycles. The first-order chi connectivity index (χ1) is 11.2. The SMILES string of the molecule is C/C(=C/C(=O)N1C(=S)OC[C@H]1c1ccccc1)c1ccccc1. The van der Waals surface area contributed by atoms with Crippen LogP contribution in [0.15, 0.2) is 66.7 Å². The van der Waals surface area contributed by atoms with Crippen LogP contribution in [-0.4, -0.2) is 22.6 Å². The van der Waals surface area contributed by atoms with Crippen molar-refractivity contribution < 1.29 is 9.53 Å². The summed E-state index contributed by atoms with van der Waals surface area (Å²) in [7, 11) is 0. The van der Waals surface area contributed by atoms with Gasteiger partial charge in [-0.2, -0.15) is 0 Å². The topological polar surface area (TPSA) is 29.5 Å². The van der Waals surface area contributed by atoms with Gasteiger partial charge in [0.2, 0.25) is 0 Å². The maximum atomic E-state index is 12.7. The van der Waals surface area contributed by atoms with E-state index in [1.54, 1.807) is 11.0 Å². The van der Waals surface area contributed by atoms with Gasteiger partial charge in [0, 0.05) is 6.08 Å². The van der Waals surface area contributed by atoms with Crippen LogP contribution in [0.4, 0.5) is 0 Å². The smallest absolute Gasteiger partial charge is 0.267 e. The molecule has 1 heterocycles. The molecule has 0 saturated carbocycles. The fourth-order valence-electron chi connectivity index (χ4n) is 2.62. The third-order valence-electron chi connectivity index (χ3n) is 3.86. The van der Waals surface area contributed by atoms with E-state index >= 15 is 0 Å². The molecule has 0 radical (unpaired) electrons. The first kappa shape index (κ1) is 15.4. The fourth-order valence-corrected chi connectivity index (χ4v) is 2.91. The van der Waals surface area contributed by atoms with Crippen molar-refractivity contribution in [1.82, 2.24) is 4.90 Å². The Morgan fingerprint density at radius 3 is 2.39 bits per heavy atom. The van der Waals surface area contributed by atoms with Gasteiger partial charge in [0.1, 0.15) is 12.6 Å². The Hall–Kier alpha value is -2.46. The van der Waals surface area contributed by atoms with Crippen molar-refractivity contribution in [2.75, 3.05) is 6.61 Å². The molecule has 0 unspecified atom stereocenters. The predicted molar refractivity (Wildman–Crippen MR) is 94.7 cm³/mol. The Morgan fingerprint density at radius 2 is 1.74 bits per heavy atom. The highest BCUT2D eigenvalue weighted by atomic mass is 32.1. The number of thiocarbonyl (C=S) groups is 1. The van der Waals surface area contributed by atoms with Gasteiger partial charge >= 0.3 is 0 Å². The van der Waals surface area contributed by atoms with Crippen LogP contribution in [0.2, 0.25) is 0 Å². The molecule has 2 aromatic rings. The van der Waals surface area contributed by atoms with E-state index < -0.39 is 0 Å². The van der Waals surface area contributed by atoms with Crippen LogP contribution >= 0.6 is 12.2 Å². The molecule has 1 aliphatic rings. The maximum Gasteiger partial charge on any atom is 0.267 e. The van der Waals surface area contributed by atoms with Gasteiger partial charge in [-0.25, -0.2) is 0 Å². The van der Waals surface area contributed by atoms with Crippen molar-refractivity contribution in [3.8, 4) is 0 Å². The van der Waals surface area contributed by atoms with Gasteiger partial charge in [0.15, 0.2) is 0 Å². The normalized spacial score (nSPS) is 18.0.